The molecule has 0 saturated carbocycles. The Kier molecular flexibility index (Phi) is 4.12. The molecule has 1 unspecified atom stereocenters. The van der Waals surface area contributed by atoms with Gasteiger partial charge in [-0.05, 0) is 26.8 Å². The number of hydrogen-bond donors (Lipinski definition) is 2. The molecule has 0 bridgehead atoms. The lowest BCUT2D eigenvalue weighted by Crippen LogP contribution is -2.47. The molecule has 0 radical (unpaired) electrons. The van der Waals surface area contributed by atoms with E-state index < -0.39 is 17.3 Å². The number of nitrogens with zero attached hydrogens (tertiary/aromatic N) is 1. The summed E-state index contributed by atoms with van der Waals surface area (Å²) in [4.78, 5) is 3.69. The molecular formula is C11H15ClF3N3. The van der Waals surface area contributed by atoms with Gasteiger partial charge in [0, 0.05) is 17.8 Å². The fourth-order valence-corrected chi connectivity index (χ4v) is 1.32. The minimum absolute atomic E-state index is 0.0847. The molecule has 1 aromatic rings. The van der Waals surface area contributed by atoms with Gasteiger partial charge < -0.3 is 11.1 Å². The fraction of sp³-hybridized carbons (Fsp3) is 0.545. The molecule has 1 aromatic heterocycles. The summed E-state index contributed by atoms with van der Waals surface area (Å²) in [6.45, 7) is 5.41. The number of pyridine rings is 1. The van der Waals surface area contributed by atoms with Crippen molar-refractivity contribution in [3.8, 4) is 0 Å². The quantitative estimate of drug-likeness (QED) is 0.894. The third-order valence-corrected chi connectivity index (χ3v) is 3.04. The van der Waals surface area contributed by atoms with Crippen LogP contribution in [0.2, 0.25) is 5.02 Å². The molecule has 102 valence electrons. The molecule has 0 aliphatic carbocycles. The van der Waals surface area contributed by atoms with Gasteiger partial charge in [-0.25, -0.2) is 4.98 Å². The van der Waals surface area contributed by atoms with Crippen LogP contribution in [0.1, 0.15) is 26.3 Å². The van der Waals surface area contributed by atoms with Crippen LogP contribution < -0.4 is 11.1 Å². The second-order valence-electron chi connectivity index (χ2n) is 4.69. The van der Waals surface area contributed by atoms with Crippen molar-refractivity contribution >= 4 is 17.4 Å². The average Bonchev–Trinajstić information content (AvgIpc) is 2.19. The van der Waals surface area contributed by atoms with Crippen LogP contribution >= 0.6 is 11.6 Å². The minimum Gasteiger partial charge on any atom is -0.362 e. The summed E-state index contributed by atoms with van der Waals surface area (Å²) in [5.74, 6) is 0.187. The number of halogens is 4. The first kappa shape index (κ1) is 15.0. The zero-order valence-electron chi connectivity index (χ0n) is 10.3. The molecule has 0 fully saturated rings. The maximum atomic E-state index is 12.4. The number of nitrogens with two attached hydrogens (primary N) is 1. The normalized spacial score (nSPS) is 14.4. The van der Waals surface area contributed by atoms with Crippen LogP contribution in [0.25, 0.3) is 0 Å². The highest BCUT2D eigenvalue weighted by Gasteiger charge is 2.32. The first-order valence-electron chi connectivity index (χ1n) is 5.30. The van der Waals surface area contributed by atoms with Crippen molar-refractivity contribution in [2.45, 2.75) is 38.5 Å². The number of nitrogens with one attached hydrogen (secondary N) is 1. The van der Waals surface area contributed by atoms with Gasteiger partial charge in [0.15, 0.2) is 0 Å². The highest BCUT2D eigenvalue weighted by Crippen LogP contribution is 2.33. The van der Waals surface area contributed by atoms with Crippen LogP contribution in [-0.4, -0.2) is 16.6 Å². The zero-order valence-corrected chi connectivity index (χ0v) is 11.0. The van der Waals surface area contributed by atoms with E-state index in [-0.39, 0.29) is 16.9 Å². The molecule has 0 aliphatic heterocycles. The lowest BCUT2D eigenvalue weighted by atomic mass is 9.97. The van der Waals surface area contributed by atoms with E-state index in [0.29, 0.717) is 0 Å². The molecular weight excluding hydrogens is 267 g/mol. The molecule has 1 atom stereocenters. The SMILES string of the molecule is CC(N)C(C)(C)Nc1ncc(C(F)(F)F)cc1Cl. The molecule has 0 amide bonds. The Morgan fingerprint density at radius 2 is 1.94 bits per heavy atom. The predicted octanol–water partition coefficient (Wildman–Crippen LogP) is 3.29. The Hall–Kier alpha value is -1.01. The maximum Gasteiger partial charge on any atom is 0.417 e. The van der Waals surface area contributed by atoms with Crippen LogP contribution in [0, 0.1) is 0 Å². The summed E-state index contributed by atoms with van der Waals surface area (Å²) in [6, 6.07) is 0.617. The van der Waals surface area contributed by atoms with Gasteiger partial charge in [0.2, 0.25) is 0 Å². The summed E-state index contributed by atoms with van der Waals surface area (Å²) in [6.07, 6.45) is -3.71. The monoisotopic (exact) mass is 281 g/mol. The summed E-state index contributed by atoms with van der Waals surface area (Å²) in [5.41, 5.74) is 4.34. The smallest absolute Gasteiger partial charge is 0.362 e. The summed E-state index contributed by atoms with van der Waals surface area (Å²) in [5, 5.41) is 2.84. The molecule has 7 heteroatoms. The summed E-state index contributed by atoms with van der Waals surface area (Å²) in [7, 11) is 0. The topological polar surface area (TPSA) is 50.9 Å². The zero-order chi connectivity index (χ0) is 14.1. The van der Waals surface area contributed by atoms with Crippen LogP contribution in [0.4, 0.5) is 19.0 Å². The second-order valence-corrected chi connectivity index (χ2v) is 5.09. The van der Waals surface area contributed by atoms with Crippen molar-refractivity contribution in [1.29, 1.82) is 0 Å². The number of rotatable bonds is 3. The van der Waals surface area contributed by atoms with Crippen molar-refractivity contribution in [1.82, 2.24) is 4.98 Å². The summed E-state index contributed by atoms with van der Waals surface area (Å²) < 4.78 is 37.3. The van der Waals surface area contributed by atoms with E-state index in [0.717, 1.165) is 12.3 Å². The lowest BCUT2D eigenvalue weighted by Gasteiger charge is -2.31. The highest BCUT2D eigenvalue weighted by molar-refractivity contribution is 6.33. The average molecular weight is 282 g/mol. The lowest BCUT2D eigenvalue weighted by molar-refractivity contribution is -0.137. The molecule has 0 aliphatic rings. The largest absolute Gasteiger partial charge is 0.417 e. The van der Waals surface area contributed by atoms with Crippen molar-refractivity contribution in [2.75, 3.05) is 5.32 Å². The number of anilines is 1. The molecule has 3 nitrogen and oxygen atoms in total. The number of hydrogen-bond acceptors (Lipinski definition) is 3. The standard InChI is InChI=1S/C11H15ClF3N3/c1-6(16)10(2,3)18-9-8(12)4-7(5-17-9)11(13,14)15/h4-6H,16H2,1-3H3,(H,17,18). The van der Waals surface area contributed by atoms with E-state index in [4.69, 9.17) is 17.3 Å². The van der Waals surface area contributed by atoms with Crippen LogP contribution in [0.3, 0.4) is 0 Å². The maximum absolute atomic E-state index is 12.4. The van der Waals surface area contributed by atoms with Gasteiger partial charge in [-0.2, -0.15) is 13.2 Å². The van der Waals surface area contributed by atoms with Crippen LogP contribution in [-0.2, 0) is 6.18 Å². The Balaban J connectivity index is 3.01. The van der Waals surface area contributed by atoms with E-state index in [2.05, 4.69) is 10.3 Å². The Labute approximate surface area is 109 Å². The van der Waals surface area contributed by atoms with E-state index in [1.165, 1.54) is 0 Å². The molecule has 18 heavy (non-hydrogen) atoms. The Bertz CT molecular complexity index is 430. The third kappa shape index (κ3) is 3.49. The van der Waals surface area contributed by atoms with Gasteiger partial charge >= 0.3 is 6.18 Å². The first-order chi connectivity index (χ1) is 8.04. The van der Waals surface area contributed by atoms with E-state index >= 15 is 0 Å². The molecule has 0 saturated heterocycles. The van der Waals surface area contributed by atoms with Gasteiger partial charge in [-0.3, -0.25) is 0 Å². The number of alkyl halides is 3. The highest BCUT2D eigenvalue weighted by atomic mass is 35.5. The molecule has 0 aromatic carbocycles. The third-order valence-electron chi connectivity index (χ3n) is 2.75. The van der Waals surface area contributed by atoms with E-state index in [1.54, 1.807) is 6.92 Å². The second kappa shape index (κ2) is 4.93. The van der Waals surface area contributed by atoms with Crippen LogP contribution in [0.5, 0.6) is 0 Å². The van der Waals surface area contributed by atoms with Gasteiger partial charge in [-0.1, -0.05) is 11.6 Å². The fourth-order valence-electron chi connectivity index (χ4n) is 1.10. The molecule has 0 spiro atoms. The van der Waals surface area contributed by atoms with Gasteiger partial charge in [0.05, 0.1) is 10.6 Å². The number of aromatic nitrogens is 1. The minimum atomic E-state index is -4.45. The Morgan fingerprint density at radius 3 is 2.33 bits per heavy atom. The predicted molar refractivity (Wildman–Crippen MR) is 65.6 cm³/mol. The van der Waals surface area contributed by atoms with Crippen molar-refractivity contribution in [3.05, 3.63) is 22.8 Å². The summed E-state index contributed by atoms with van der Waals surface area (Å²) >= 11 is 5.78. The van der Waals surface area contributed by atoms with Crippen LogP contribution in [0.15, 0.2) is 12.3 Å². The van der Waals surface area contributed by atoms with Gasteiger partial charge in [0.1, 0.15) is 5.82 Å². The van der Waals surface area contributed by atoms with Crippen molar-refractivity contribution in [2.24, 2.45) is 5.73 Å². The molecule has 3 N–H and O–H groups in total. The van der Waals surface area contributed by atoms with Gasteiger partial charge in [0.25, 0.3) is 0 Å². The first-order valence-corrected chi connectivity index (χ1v) is 5.68. The molecule has 1 rings (SSSR count). The van der Waals surface area contributed by atoms with E-state index in [9.17, 15) is 13.2 Å². The van der Waals surface area contributed by atoms with Crippen molar-refractivity contribution < 1.29 is 13.2 Å². The molecule has 1 heterocycles. The van der Waals surface area contributed by atoms with Gasteiger partial charge in [-0.15, -0.1) is 0 Å². The Morgan fingerprint density at radius 1 is 1.39 bits per heavy atom. The van der Waals surface area contributed by atoms with E-state index in [1.807, 2.05) is 13.8 Å². The van der Waals surface area contributed by atoms with Crippen molar-refractivity contribution in [3.63, 3.8) is 0 Å².